The lowest BCUT2D eigenvalue weighted by molar-refractivity contribution is 0.103. The summed E-state index contributed by atoms with van der Waals surface area (Å²) in [5.74, 6) is -0.138. The van der Waals surface area contributed by atoms with Crippen molar-refractivity contribution in [3.05, 3.63) is 86.6 Å². The van der Waals surface area contributed by atoms with Gasteiger partial charge in [0.25, 0.3) is 0 Å². The minimum Gasteiger partial charge on any atom is -0.287 e. The maximum Gasteiger partial charge on any atom is 0.211 e. The molecule has 0 amide bonds. The predicted molar refractivity (Wildman–Crippen MR) is 107 cm³/mol. The fourth-order valence-electron chi connectivity index (χ4n) is 2.97. The zero-order valence-electron chi connectivity index (χ0n) is 12.8. The Labute approximate surface area is 162 Å². The molecule has 0 radical (unpaired) electrons. The normalized spacial score (nSPS) is 11.2. The number of benzene rings is 3. The summed E-state index contributed by atoms with van der Waals surface area (Å²) >= 11 is 16.1. The third-order valence-electron chi connectivity index (χ3n) is 4.09. The summed E-state index contributed by atoms with van der Waals surface area (Å²) in [6.07, 6.45) is 1.61. The molecule has 0 aliphatic heterocycles. The van der Waals surface area contributed by atoms with Crippen molar-refractivity contribution in [3.8, 4) is 0 Å². The molecule has 1 aromatic heterocycles. The summed E-state index contributed by atoms with van der Waals surface area (Å²) in [5, 5.41) is 4.52. The number of fused-ring (bicyclic) bond motifs is 3. The van der Waals surface area contributed by atoms with Crippen LogP contribution < -0.4 is 0 Å². The molecule has 0 atom stereocenters. The first kappa shape index (κ1) is 16.5. The standard InChI is InChI=1S/C20H10BrCl2NO/c21-11-4-5-13-14(7-11)15-8-12(22)9-18(23)16(15)10-17(13)20(25)19-3-1-2-6-24-19/h1-10H. The molecule has 0 saturated carbocycles. The Hall–Kier alpha value is -1.94. The molecule has 3 aromatic carbocycles. The lowest BCUT2D eigenvalue weighted by Crippen LogP contribution is -2.04. The Morgan fingerprint density at radius 3 is 2.44 bits per heavy atom. The molecule has 0 unspecified atom stereocenters. The van der Waals surface area contributed by atoms with Crippen LogP contribution in [0.5, 0.6) is 0 Å². The van der Waals surface area contributed by atoms with E-state index in [0.29, 0.717) is 21.3 Å². The van der Waals surface area contributed by atoms with Crippen LogP contribution in [0.25, 0.3) is 21.5 Å². The lowest BCUT2D eigenvalue weighted by Gasteiger charge is -2.12. The van der Waals surface area contributed by atoms with Gasteiger partial charge in [0.2, 0.25) is 5.78 Å². The van der Waals surface area contributed by atoms with Crippen molar-refractivity contribution in [1.82, 2.24) is 4.98 Å². The summed E-state index contributed by atoms with van der Waals surface area (Å²) in [7, 11) is 0. The van der Waals surface area contributed by atoms with E-state index in [9.17, 15) is 4.79 Å². The Bertz CT molecular complexity index is 1140. The molecule has 0 aliphatic carbocycles. The van der Waals surface area contributed by atoms with Crippen LogP contribution in [0, 0.1) is 0 Å². The maximum absolute atomic E-state index is 13.0. The number of hydrogen-bond donors (Lipinski definition) is 0. The molecule has 0 fully saturated rings. The number of halogens is 3. The van der Waals surface area contributed by atoms with Crippen LogP contribution in [0.1, 0.15) is 16.1 Å². The van der Waals surface area contributed by atoms with Crippen LogP contribution >= 0.6 is 39.1 Å². The van der Waals surface area contributed by atoms with Gasteiger partial charge in [-0.05, 0) is 58.6 Å². The second kappa shape index (κ2) is 6.41. The van der Waals surface area contributed by atoms with Crippen LogP contribution in [0.2, 0.25) is 10.0 Å². The minimum atomic E-state index is -0.138. The van der Waals surface area contributed by atoms with E-state index in [-0.39, 0.29) is 5.78 Å². The number of ketones is 1. The second-order valence-electron chi connectivity index (χ2n) is 5.64. The monoisotopic (exact) mass is 429 g/mol. The van der Waals surface area contributed by atoms with Gasteiger partial charge in [0, 0.05) is 31.7 Å². The highest BCUT2D eigenvalue weighted by Crippen LogP contribution is 2.37. The number of carbonyl (C=O) groups is 1. The number of pyridine rings is 1. The van der Waals surface area contributed by atoms with E-state index < -0.39 is 0 Å². The highest BCUT2D eigenvalue weighted by Gasteiger charge is 2.17. The fourth-order valence-corrected chi connectivity index (χ4v) is 3.88. The number of carbonyl (C=O) groups excluding carboxylic acids is 1. The summed E-state index contributed by atoms with van der Waals surface area (Å²) in [6, 6.07) is 16.5. The molecule has 0 bridgehead atoms. The van der Waals surface area contributed by atoms with Gasteiger partial charge in [-0.25, -0.2) is 0 Å². The molecule has 1 heterocycles. The van der Waals surface area contributed by atoms with E-state index in [1.165, 1.54) is 0 Å². The van der Waals surface area contributed by atoms with Crippen molar-refractivity contribution in [3.63, 3.8) is 0 Å². The van der Waals surface area contributed by atoms with Crippen molar-refractivity contribution >= 4 is 66.5 Å². The van der Waals surface area contributed by atoms with Gasteiger partial charge in [0.15, 0.2) is 0 Å². The molecule has 25 heavy (non-hydrogen) atoms. The average Bonchev–Trinajstić information content (AvgIpc) is 2.61. The van der Waals surface area contributed by atoms with E-state index in [1.807, 2.05) is 30.3 Å². The minimum absolute atomic E-state index is 0.138. The smallest absolute Gasteiger partial charge is 0.211 e. The van der Waals surface area contributed by atoms with Gasteiger partial charge in [-0.2, -0.15) is 0 Å². The van der Waals surface area contributed by atoms with Crippen molar-refractivity contribution in [2.45, 2.75) is 0 Å². The molecule has 5 heteroatoms. The predicted octanol–water partition coefficient (Wildman–Crippen LogP) is 6.69. The average molecular weight is 431 g/mol. The van der Waals surface area contributed by atoms with Gasteiger partial charge in [-0.3, -0.25) is 9.78 Å². The molecular formula is C20H10BrCl2NO. The van der Waals surface area contributed by atoms with Crippen LogP contribution in [0.4, 0.5) is 0 Å². The molecule has 0 aliphatic rings. The summed E-state index contributed by atoms with van der Waals surface area (Å²) < 4.78 is 0.917. The van der Waals surface area contributed by atoms with Crippen molar-refractivity contribution in [2.75, 3.05) is 0 Å². The molecule has 4 rings (SSSR count). The number of aromatic nitrogens is 1. The third-order valence-corrected chi connectivity index (χ3v) is 5.11. The first-order chi connectivity index (χ1) is 12.0. The van der Waals surface area contributed by atoms with Crippen molar-refractivity contribution in [1.29, 1.82) is 0 Å². The number of hydrogen-bond acceptors (Lipinski definition) is 2. The van der Waals surface area contributed by atoms with Gasteiger partial charge < -0.3 is 0 Å². The van der Waals surface area contributed by atoms with Crippen molar-refractivity contribution in [2.24, 2.45) is 0 Å². The topological polar surface area (TPSA) is 30.0 Å². The second-order valence-corrected chi connectivity index (χ2v) is 7.40. The van der Waals surface area contributed by atoms with Crippen LogP contribution in [0.15, 0.2) is 65.3 Å². The van der Waals surface area contributed by atoms with Crippen molar-refractivity contribution < 1.29 is 4.79 Å². The number of rotatable bonds is 2. The van der Waals surface area contributed by atoms with E-state index >= 15 is 0 Å². The molecule has 2 nitrogen and oxygen atoms in total. The van der Waals surface area contributed by atoms with E-state index in [4.69, 9.17) is 23.2 Å². The Kier molecular flexibility index (Phi) is 4.24. The number of nitrogens with zero attached hydrogens (tertiary/aromatic N) is 1. The highest BCUT2D eigenvalue weighted by molar-refractivity contribution is 9.10. The maximum atomic E-state index is 13.0. The molecule has 0 saturated heterocycles. The Morgan fingerprint density at radius 2 is 1.68 bits per heavy atom. The molecule has 0 spiro atoms. The van der Waals surface area contributed by atoms with Crippen LogP contribution in [-0.4, -0.2) is 10.8 Å². The molecule has 0 N–H and O–H groups in total. The fraction of sp³-hybridized carbons (Fsp3) is 0. The van der Waals surface area contributed by atoms with Gasteiger partial charge in [-0.1, -0.05) is 51.3 Å². The molecular weight excluding hydrogens is 421 g/mol. The zero-order valence-corrected chi connectivity index (χ0v) is 15.9. The van der Waals surface area contributed by atoms with Crippen LogP contribution in [-0.2, 0) is 0 Å². The largest absolute Gasteiger partial charge is 0.287 e. The Balaban J connectivity index is 2.12. The SMILES string of the molecule is O=C(c1ccccn1)c1cc2c(Cl)cc(Cl)cc2c2cc(Br)ccc12. The molecule has 4 aromatic rings. The highest BCUT2D eigenvalue weighted by atomic mass is 79.9. The quantitative estimate of drug-likeness (QED) is 0.262. The van der Waals surface area contributed by atoms with E-state index in [2.05, 4.69) is 20.9 Å². The third kappa shape index (κ3) is 2.93. The van der Waals surface area contributed by atoms with Gasteiger partial charge >= 0.3 is 0 Å². The Morgan fingerprint density at radius 1 is 0.880 bits per heavy atom. The summed E-state index contributed by atoms with van der Waals surface area (Å²) in [5.41, 5.74) is 0.967. The molecule has 122 valence electrons. The van der Waals surface area contributed by atoms with E-state index in [0.717, 1.165) is 26.0 Å². The van der Waals surface area contributed by atoms with Gasteiger partial charge in [0.1, 0.15) is 5.69 Å². The zero-order chi connectivity index (χ0) is 17.6. The first-order valence-electron chi connectivity index (χ1n) is 7.51. The first-order valence-corrected chi connectivity index (χ1v) is 9.06. The van der Waals surface area contributed by atoms with Crippen LogP contribution in [0.3, 0.4) is 0 Å². The van der Waals surface area contributed by atoms with E-state index in [1.54, 1.807) is 30.5 Å². The van der Waals surface area contributed by atoms with Gasteiger partial charge in [0.05, 0.1) is 0 Å². The van der Waals surface area contributed by atoms with Gasteiger partial charge in [-0.15, -0.1) is 0 Å². The summed E-state index contributed by atoms with van der Waals surface area (Å²) in [6.45, 7) is 0. The summed E-state index contributed by atoms with van der Waals surface area (Å²) in [4.78, 5) is 17.2. The lowest BCUT2D eigenvalue weighted by atomic mass is 9.94.